The van der Waals surface area contributed by atoms with Crippen LogP contribution in [0.25, 0.3) is 0 Å². The first-order chi connectivity index (χ1) is 9.80. The largest absolute Gasteiger partial charge is 0.464 e. The molecule has 0 saturated heterocycles. The van der Waals surface area contributed by atoms with Gasteiger partial charge in [0.15, 0.2) is 0 Å². The van der Waals surface area contributed by atoms with Gasteiger partial charge in [-0.3, -0.25) is 9.35 Å². The van der Waals surface area contributed by atoms with Crippen molar-refractivity contribution in [1.29, 1.82) is 0 Å². The number of ether oxygens (including phenoxy) is 2. The van der Waals surface area contributed by atoms with Gasteiger partial charge in [0.25, 0.3) is 10.1 Å². The van der Waals surface area contributed by atoms with E-state index in [9.17, 15) is 18.0 Å². The third kappa shape index (κ3) is 12.3. The molecular weight excluding hydrogens is 314 g/mol. The zero-order valence-electron chi connectivity index (χ0n) is 13.0. The van der Waals surface area contributed by atoms with Crippen molar-refractivity contribution in [2.45, 2.75) is 33.1 Å². The van der Waals surface area contributed by atoms with Crippen molar-refractivity contribution in [3.05, 3.63) is 12.2 Å². The average molecular weight is 339 g/mol. The summed E-state index contributed by atoms with van der Waals surface area (Å²) >= 11 is 0. The van der Waals surface area contributed by atoms with Crippen molar-refractivity contribution >= 4 is 22.1 Å². The minimum atomic E-state index is -4.17. The molecule has 0 bridgehead atoms. The molecule has 0 aliphatic heterocycles. The van der Waals surface area contributed by atoms with Crippen LogP contribution in [0.15, 0.2) is 12.2 Å². The Labute approximate surface area is 131 Å². The highest BCUT2D eigenvalue weighted by Crippen LogP contribution is 2.12. The maximum Gasteiger partial charge on any atom is 0.330 e. The number of hydrogen-bond donors (Lipinski definition) is 2. The smallest absolute Gasteiger partial charge is 0.330 e. The molecule has 0 rings (SSSR count). The Bertz CT molecular complexity index is 459. The van der Waals surface area contributed by atoms with Crippen molar-refractivity contribution in [3.63, 3.8) is 0 Å². The van der Waals surface area contributed by atoms with Crippen LogP contribution >= 0.6 is 0 Å². The van der Waals surface area contributed by atoms with E-state index in [0.717, 1.165) is 12.8 Å². The summed E-state index contributed by atoms with van der Waals surface area (Å²) < 4.78 is 39.3. The van der Waals surface area contributed by atoms with Gasteiger partial charge in [-0.25, -0.2) is 4.79 Å². The zero-order chi connectivity index (χ0) is 16.3. The molecule has 4 N–H and O–H groups in total. The molecule has 1 unspecified atom stereocenters. The molecule has 0 radical (unpaired) electrons. The fourth-order valence-electron chi connectivity index (χ4n) is 1.45. The van der Waals surface area contributed by atoms with Gasteiger partial charge in [0.1, 0.15) is 19.0 Å². The molecule has 0 aromatic heterocycles. The average Bonchev–Trinajstić information content (AvgIpc) is 2.37. The number of allylic oxidation sites excluding steroid dienone is 1. The van der Waals surface area contributed by atoms with E-state index >= 15 is 0 Å². The monoisotopic (exact) mass is 339 g/mol. The second-order valence-electron chi connectivity index (χ2n) is 4.42. The number of esters is 2. The summed E-state index contributed by atoms with van der Waals surface area (Å²) in [5, 5.41) is 0. The van der Waals surface area contributed by atoms with E-state index in [1.165, 1.54) is 12.2 Å². The quantitative estimate of drug-likeness (QED) is 0.346. The van der Waals surface area contributed by atoms with Crippen LogP contribution in [0.3, 0.4) is 0 Å². The van der Waals surface area contributed by atoms with Gasteiger partial charge in [0.05, 0.1) is 5.92 Å². The lowest BCUT2D eigenvalue weighted by atomic mass is 10.0. The van der Waals surface area contributed by atoms with Gasteiger partial charge in [-0.1, -0.05) is 25.8 Å². The Hall–Kier alpha value is -1.45. The van der Waals surface area contributed by atoms with Gasteiger partial charge in [-0.2, -0.15) is 8.42 Å². The molecule has 130 valence electrons. The van der Waals surface area contributed by atoms with Gasteiger partial charge in [0.2, 0.25) is 0 Å². The van der Waals surface area contributed by atoms with Crippen LogP contribution in [-0.4, -0.2) is 43.9 Å². The molecule has 0 spiro atoms. The standard InChI is InChI=1S/C13H22O7S.H3N/c1-3-5-7-11(10-20-12(14)6-4-2)13(15)19-8-9-21(16,17)18;/h4,6,11H,3,5,7-10H2,1-2H3,(H,16,17,18);1H3. The van der Waals surface area contributed by atoms with Crippen LogP contribution < -0.4 is 6.15 Å². The lowest BCUT2D eigenvalue weighted by Crippen LogP contribution is -2.26. The summed E-state index contributed by atoms with van der Waals surface area (Å²) in [4.78, 5) is 23.0. The summed E-state index contributed by atoms with van der Waals surface area (Å²) in [5.74, 6) is -2.48. The molecule has 0 aromatic carbocycles. The van der Waals surface area contributed by atoms with E-state index in [2.05, 4.69) is 0 Å². The molecule has 0 heterocycles. The lowest BCUT2D eigenvalue weighted by molar-refractivity contribution is -0.153. The second-order valence-corrected chi connectivity index (χ2v) is 5.99. The SMILES string of the molecule is CC=CC(=O)OCC(CCCC)C(=O)OCCS(=O)(=O)O.N. The van der Waals surface area contributed by atoms with Gasteiger partial charge in [-0.05, 0) is 13.3 Å². The summed E-state index contributed by atoms with van der Waals surface area (Å²) in [6.07, 6.45) is 4.84. The molecular formula is C13H25NO7S. The Morgan fingerprint density at radius 3 is 2.41 bits per heavy atom. The minimum Gasteiger partial charge on any atom is -0.464 e. The van der Waals surface area contributed by atoms with Crippen molar-refractivity contribution < 1.29 is 32.0 Å². The highest BCUT2D eigenvalue weighted by atomic mass is 32.2. The molecule has 0 aliphatic carbocycles. The maximum absolute atomic E-state index is 11.8. The van der Waals surface area contributed by atoms with Crippen molar-refractivity contribution in [2.75, 3.05) is 19.0 Å². The fraction of sp³-hybridized carbons (Fsp3) is 0.692. The highest BCUT2D eigenvalue weighted by molar-refractivity contribution is 7.85. The molecule has 22 heavy (non-hydrogen) atoms. The predicted octanol–water partition coefficient (Wildman–Crippen LogP) is 1.51. The van der Waals surface area contributed by atoms with Crippen LogP contribution in [0, 0.1) is 5.92 Å². The number of unbranched alkanes of at least 4 members (excludes halogenated alkanes) is 1. The van der Waals surface area contributed by atoms with Crippen molar-refractivity contribution in [1.82, 2.24) is 6.15 Å². The second kappa shape index (κ2) is 12.1. The summed E-state index contributed by atoms with van der Waals surface area (Å²) in [6, 6.07) is 0. The number of hydrogen-bond acceptors (Lipinski definition) is 7. The van der Waals surface area contributed by atoms with Gasteiger partial charge >= 0.3 is 11.9 Å². The number of rotatable bonds is 10. The molecule has 8 nitrogen and oxygen atoms in total. The highest BCUT2D eigenvalue weighted by Gasteiger charge is 2.21. The first-order valence-corrected chi connectivity index (χ1v) is 8.32. The van der Waals surface area contributed by atoms with Crippen LogP contribution in [0.5, 0.6) is 0 Å². The molecule has 0 fully saturated rings. The van der Waals surface area contributed by atoms with Crippen molar-refractivity contribution in [3.8, 4) is 0 Å². The van der Waals surface area contributed by atoms with Crippen LogP contribution in [-0.2, 0) is 29.2 Å². The predicted molar refractivity (Wildman–Crippen MR) is 81.2 cm³/mol. The molecule has 0 saturated carbocycles. The van der Waals surface area contributed by atoms with Gasteiger partial charge < -0.3 is 15.6 Å². The first kappa shape index (κ1) is 22.8. The Morgan fingerprint density at radius 2 is 1.91 bits per heavy atom. The van der Waals surface area contributed by atoms with E-state index in [1.807, 2.05) is 6.92 Å². The van der Waals surface area contributed by atoms with Gasteiger partial charge in [0, 0.05) is 6.08 Å². The molecule has 9 heteroatoms. The van der Waals surface area contributed by atoms with Crippen LogP contribution in [0.1, 0.15) is 33.1 Å². The molecule has 0 amide bonds. The number of carbonyl (C=O) groups excluding carboxylic acids is 2. The zero-order valence-corrected chi connectivity index (χ0v) is 13.8. The lowest BCUT2D eigenvalue weighted by Gasteiger charge is -2.15. The van der Waals surface area contributed by atoms with Crippen molar-refractivity contribution in [2.24, 2.45) is 5.92 Å². The molecule has 0 aromatic rings. The van der Waals surface area contributed by atoms with E-state index in [-0.39, 0.29) is 12.8 Å². The molecule has 1 atom stereocenters. The first-order valence-electron chi connectivity index (χ1n) is 6.71. The topological polar surface area (TPSA) is 142 Å². The summed E-state index contributed by atoms with van der Waals surface area (Å²) in [6.45, 7) is 3.07. The third-order valence-corrected chi connectivity index (χ3v) is 3.24. The molecule has 0 aliphatic rings. The normalized spacial score (nSPS) is 12.5. The summed E-state index contributed by atoms with van der Waals surface area (Å²) in [5.41, 5.74) is 0. The van der Waals surface area contributed by atoms with Crippen LogP contribution in [0.2, 0.25) is 0 Å². The third-order valence-electron chi connectivity index (χ3n) is 2.55. The van der Waals surface area contributed by atoms with E-state index < -0.39 is 40.3 Å². The Balaban J connectivity index is 0. The van der Waals surface area contributed by atoms with Gasteiger partial charge in [-0.15, -0.1) is 0 Å². The maximum atomic E-state index is 11.8. The van der Waals surface area contributed by atoms with E-state index in [4.69, 9.17) is 14.0 Å². The van der Waals surface area contributed by atoms with E-state index in [0.29, 0.717) is 6.42 Å². The van der Waals surface area contributed by atoms with E-state index in [1.54, 1.807) is 6.92 Å². The summed E-state index contributed by atoms with van der Waals surface area (Å²) in [7, 11) is -4.17. The Morgan fingerprint density at radius 1 is 1.27 bits per heavy atom. The van der Waals surface area contributed by atoms with Crippen LogP contribution in [0.4, 0.5) is 0 Å². The number of carbonyl (C=O) groups is 2. The minimum absolute atomic E-state index is 0. The Kier molecular flexibility index (Phi) is 12.6. The fourth-order valence-corrected chi connectivity index (χ4v) is 1.75.